The molecule has 1 aromatic heterocycles. The molecule has 1 aliphatic heterocycles. The third-order valence-electron chi connectivity index (χ3n) is 6.25. The lowest BCUT2D eigenvalue weighted by atomic mass is 10.1. The van der Waals surface area contributed by atoms with Crippen molar-refractivity contribution >= 4 is 38.2 Å². The number of likely N-dealkylation sites (tertiary alicyclic amines) is 1. The van der Waals surface area contributed by atoms with E-state index in [9.17, 15) is 4.79 Å². The molecule has 3 aromatic carbocycles. The summed E-state index contributed by atoms with van der Waals surface area (Å²) < 4.78 is 6.52. The Kier molecular flexibility index (Phi) is 5.81. The molecular weight excluding hydrogens is 418 g/mol. The summed E-state index contributed by atoms with van der Waals surface area (Å²) in [6.45, 7) is 1.97. The molecule has 0 saturated carbocycles. The molecule has 1 unspecified atom stereocenters. The van der Waals surface area contributed by atoms with Crippen LogP contribution in [0.5, 0.6) is 5.75 Å². The predicted octanol–water partition coefficient (Wildman–Crippen LogP) is 5.25. The number of hydrogen-bond donors (Lipinski definition) is 0. The Morgan fingerprint density at radius 2 is 1.97 bits per heavy atom. The number of amides is 1. The molecule has 1 amide bonds. The number of methoxy groups -OCH3 is 1. The van der Waals surface area contributed by atoms with E-state index in [0.717, 1.165) is 52.0 Å². The molecule has 0 radical (unpaired) electrons. The summed E-state index contributed by atoms with van der Waals surface area (Å²) in [7, 11) is 3.57. The van der Waals surface area contributed by atoms with Gasteiger partial charge in [0.2, 0.25) is 5.91 Å². The summed E-state index contributed by atoms with van der Waals surface area (Å²) in [6, 6.07) is 20.9. The number of fused-ring (bicyclic) bond motifs is 2. The Morgan fingerprint density at radius 1 is 1.16 bits per heavy atom. The molecule has 0 spiro atoms. The number of nitrogens with zero attached hydrogens (tertiary/aromatic N) is 3. The first kappa shape index (κ1) is 20.9. The molecule has 1 aliphatic rings. The van der Waals surface area contributed by atoms with Gasteiger partial charge in [0.25, 0.3) is 0 Å². The normalized spacial score (nSPS) is 16.6. The van der Waals surface area contributed by atoms with Gasteiger partial charge >= 0.3 is 0 Å². The van der Waals surface area contributed by atoms with Crippen LogP contribution in [-0.4, -0.2) is 47.9 Å². The van der Waals surface area contributed by atoms with Gasteiger partial charge in [-0.25, -0.2) is 4.98 Å². The number of benzene rings is 3. The largest absolute Gasteiger partial charge is 0.497 e. The minimum Gasteiger partial charge on any atom is -0.497 e. The summed E-state index contributed by atoms with van der Waals surface area (Å²) >= 11 is 1.75. The van der Waals surface area contributed by atoms with E-state index in [4.69, 9.17) is 9.72 Å². The Morgan fingerprint density at radius 3 is 2.81 bits per heavy atom. The minimum absolute atomic E-state index is 0.146. The molecule has 164 valence electrons. The van der Waals surface area contributed by atoms with Crippen molar-refractivity contribution in [2.75, 3.05) is 27.2 Å². The Hall–Kier alpha value is -2.96. The SMILES string of the molecule is COc1ccc2cc(CN(C)C(=O)CN3CCCC3c3nc4ccccc4s3)ccc2c1. The third kappa shape index (κ3) is 4.20. The van der Waals surface area contributed by atoms with Crippen LogP contribution in [0.3, 0.4) is 0 Å². The molecule has 0 N–H and O–H groups in total. The molecule has 1 saturated heterocycles. The number of rotatable bonds is 6. The highest BCUT2D eigenvalue weighted by Gasteiger charge is 2.30. The van der Waals surface area contributed by atoms with Gasteiger partial charge in [0.15, 0.2) is 0 Å². The second kappa shape index (κ2) is 8.88. The van der Waals surface area contributed by atoms with E-state index < -0.39 is 0 Å². The second-order valence-corrected chi connectivity index (χ2v) is 9.51. The molecular formula is C26H27N3O2S. The fourth-order valence-electron chi connectivity index (χ4n) is 4.48. The van der Waals surface area contributed by atoms with Crippen LogP contribution < -0.4 is 4.74 Å². The summed E-state index contributed by atoms with van der Waals surface area (Å²) in [5.74, 6) is 0.999. The lowest BCUT2D eigenvalue weighted by Gasteiger charge is -2.25. The highest BCUT2D eigenvalue weighted by atomic mass is 32.1. The quantitative estimate of drug-likeness (QED) is 0.406. The van der Waals surface area contributed by atoms with E-state index in [0.29, 0.717) is 13.1 Å². The van der Waals surface area contributed by atoms with Crippen LogP contribution in [-0.2, 0) is 11.3 Å². The van der Waals surface area contributed by atoms with Crippen molar-refractivity contribution in [2.45, 2.75) is 25.4 Å². The van der Waals surface area contributed by atoms with E-state index >= 15 is 0 Å². The highest BCUT2D eigenvalue weighted by Crippen LogP contribution is 2.36. The zero-order valence-electron chi connectivity index (χ0n) is 18.5. The number of ether oxygens (including phenoxy) is 1. The number of carbonyl (C=O) groups excluding carboxylic acids is 1. The van der Waals surface area contributed by atoms with Gasteiger partial charge in [-0.05, 0) is 66.1 Å². The molecule has 0 aliphatic carbocycles. The second-order valence-electron chi connectivity index (χ2n) is 8.45. The van der Waals surface area contributed by atoms with Crippen molar-refractivity contribution in [2.24, 2.45) is 0 Å². The van der Waals surface area contributed by atoms with Crippen LogP contribution >= 0.6 is 11.3 Å². The molecule has 4 aromatic rings. The van der Waals surface area contributed by atoms with E-state index in [1.807, 2.05) is 30.1 Å². The van der Waals surface area contributed by atoms with Gasteiger partial charge in [-0.3, -0.25) is 9.69 Å². The maximum Gasteiger partial charge on any atom is 0.236 e. The van der Waals surface area contributed by atoms with Gasteiger partial charge in [-0.1, -0.05) is 30.3 Å². The average molecular weight is 446 g/mol. The van der Waals surface area contributed by atoms with Gasteiger partial charge in [0.1, 0.15) is 10.8 Å². The highest BCUT2D eigenvalue weighted by molar-refractivity contribution is 7.18. The first-order valence-electron chi connectivity index (χ1n) is 11.0. The summed E-state index contributed by atoms with van der Waals surface area (Å²) in [6.07, 6.45) is 2.16. The van der Waals surface area contributed by atoms with Crippen molar-refractivity contribution in [3.8, 4) is 5.75 Å². The lowest BCUT2D eigenvalue weighted by Crippen LogP contribution is -2.37. The zero-order chi connectivity index (χ0) is 22.1. The molecule has 2 heterocycles. The van der Waals surface area contributed by atoms with Crippen molar-refractivity contribution in [3.05, 3.63) is 71.2 Å². The lowest BCUT2D eigenvalue weighted by molar-refractivity contribution is -0.131. The summed E-state index contributed by atoms with van der Waals surface area (Å²) in [5, 5.41) is 3.42. The smallest absolute Gasteiger partial charge is 0.236 e. The van der Waals surface area contributed by atoms with E-state index in [1.54, 1.807) is 18.4 Å². The number of likely N-dealkylation sites (N-methyl/N-ethyl adjacent to an activating group) is 1. The zero-order valence-corrected chi connectivity index (χ0v) is 19.3. The van der Waals surface area contributed by atoms with Crippen molar-refractivity contribution < 1.29 is 9.53 Å². The van der Waals surface area contributed by atoms with Crippen LogP contribution in [0.15, 0.2) is 60.7 Å². The first-order chi connectivity index (χ1) is 15.6. The number of hydrogen-bond acceptors (Lipinski definition) is 5. The van der Waals surface area contributed by atoms with Crippen LogP contribution in [0.25, 0.3) is 21.0 Å². The minimum atomic E-state index is 0.146. The molecule has 0 bridgehead atoms. The Labute approximate surface area is 192 Å². The molecule has 5 nitrogen and oxygen atoms in total. The monoisotopic (exact) mass is 445 g/mol. The van der Waals surface area contributed by atoms with Crippen LogP contribution in [0.4, 0.5) is 0 Å². The van der Waals surface area contributed by atoms with Crippen LogP contribution in [0.1, 0.15) is 29.5 Å². The van der Waals surface area contributed by atoms with E-state index in [2.05, 4.69) is 47.4 Å². The molecule has 5 rings (SSSR count). The van der Waals surface area contributed by atoms with E-state index in [1.165, 1.54) is 4.70 Å². The van der Waals surface area contributed by atoms with Gasteiger partial charge in [0.05, 0.1) is 29.9 Å². The fraction of sp³-hybridized carbons (Fsp3) is 0.308. The molecule has 6 heteroatoms. The van der Waals surface area contributed by atoms with Crippen molar-refractivity contribution in [1.82, 2.24) is 14.8 Å². The first-order valence-corrected chi connectivity index (χ1v) is 11.8. The number of aromatic nitrogens is 1. The molecule has 32 heavy (non-hydrogen) atoms. The van der Waals surface area contributed by atoms with Crippen LogP contribution in [0, 0.1) is 0 Å². The van der Waals surface area contributed by atoms with Gasteiger partial charge < -0.3 is 9.64 Å². The van der Waals surface area contributed by atoms with Gasteiger partial charge in [0, 0.05) is 13.6 Å². The Balaban J connectivity index is 1.26. The summed E-state index contributed by atoms with van der Waals surface area (Å²) in [4.78, 5) is 22.0. The standard InChI is InChI=1S/C26H27N3O2S/c1-28(16-18-9-10-20-15-21(31-2)12-11-19(20)14-18)25(30)17-29-13-5-7-23(29)26-27-22-6-3-4-8-24(22)32-26/h3-4,6,8-12,14-15,23H,5,7,13,16-17H2,1-2H3. The molecule has 1 fully saturated rings. The average Bonchev–Trinajstić information content (AvgIpc) is 3.45. The van der Waals surface area contributed by atoms with Crippen molar-refractivity contribution in [1.29, 1.82) is 0 Å². The number of thiazole rings is 1. The molecule has 1 atom stereocenters. The van der Waals surface area contributed by atoms with Gasteiger partial charge in [-0.15, -0.1) is 11.3 Å². The van der Waals surface area contributed by atoms with E-state index in [-0.39, 0.29) is 11.9 Å². The Bertz CT molecular complexity index is 1240. The third-order valence-corrected chi connectivity index (χ3v) is 7.39. The topological polar surface area (TPSA) is 45.7 Å². The fourth-order valence-corrected chi connectivity index (χ4v) is 5.62. The summed E-state index contributed by atoms with van der Waals surface area (Å²) in [5.41, 5.74) is 2.18. The maximum absolute atomic E-state index is 13.1. The van der Waals surface area contributed by atoms with Crippen molar-refractivity contribution in [3.63, 3.8) is 0 Å². The maximum atomic E-state index is 13.1. The van der Waals surface area contributed by atoms with Crippen LogP contribution in [0.2, 0.25) is 0 Å². The number of para-hydroxylation sites is 1. The number of carbonyl (C=O) groups is 1. The van der Waals surface area contributed by atoms with Gasteiger partial charge in [-0.2, -0.15) is 0 Å². The predicted molar refractivity (Wildman–Crippen MR) is 130 cm³/mol.